The molecule has 27 heavy (non-hydrogen) atoms. The Bertz CT molecular complexity index is 871. The lowest BCUT2D eigenvalue weighted by Gasteiger charge is -2.18. The Morgan fingerprint density at radius 2 is 1.89 bits per heavy atom. The van der Waals surface area contributed by atoms with Crippen LogP contribution in [0.1, 0.15) is 23.6 Å². The number of carbonyl (C=O) groups excluding carboxylic acids is 1. The largest absolute Gasteiger partial charge is 0.481 e. The quantitative estimate of drug-likeness (QED) is 0.535. The Hall–Kier alpha value is -2.82. The van der Waals surface area contributed by atoms with Gasteiger partial charge in [0.2, 0.25) is 0 Å². The number of hydrazine groups is 1. The molecule has 0 aliphatic carbocycles. The number of hydrogen-bond acceptors (Lipinski definition) is 4. The standard InChI is InChI=1S/C19H19ClN4O2S/c1-11-8-12(2)17(16(20)9-11)22-19(27)24-23-18(25)13(3)26-15-6-4-14(10-21)5-7-15/h4-9,13H,1-3H3,(H,23,25)(H2,22,24,27)/t13-/m1/s1. The summed E-state index contributed by atoms with van der Waals surface area (Å²) in [6, 6.07) is 12.3. The lowest BCUT2D eigenvalue weighted by molar-refractivity contribution is -0.127. The molecule has 6 nitrogen and oxygen atoms in total. The molecule has 2 aromatic rings. The van der Waals surface area contributed by atoms with Crippen molar-refractivity contribution in [2.75, 3.05) is 5.32 Å². The fourth-order valence-electron chi connectivity index (χ4n) is 2.30. The summed E-state index contributed by atoms with van der Waals surface area (Å²) in [5.41, 5.74) is 8.28. The van der Waals surface area contributed by atoms with Gasteiger partial charge in [0, 0.05) is 0 Å². The molecular weight excluding hydrogens is 384 g/mol. The zero-order valence-electron chi connectivity index (χ0n) is 15.1. The highest BCUT2D eigenvalue weighted by Crippen LogP contribution is 2.27. The molecule has 0 aliphatic heterocycles. The molecule has 0 saturated carbocycles. The van der Waals surface area contributed by atoms with Gasteiger partial charge in [0.1, 0.15) is 5.75 Å². The maximum Gasteiger partial charge on any atom is 0.279 e. The fraction of sp³-hybridized carbons (Fsp3) is 0.211. The molecule has 2 aromatic carbocycles. The van der Waals surface area contributed by atoms with Gasteiger partial charge in [-0.1, -0.05) is 17.7 Å². The second-order valence-corrected chi connectivity index (χ2v) is 6.72. The summed E-state index contributed by atoms with van der Waals surface area (Å²) >= 11 is 11.4. The number of benzene rings is 2. The molecule has 0 fully saturated rings. The number of nitriles is 1. The molecule has 0 unspecified atom stereocenters. The first-order valence-electron chi connectivity index (χ1n) is 8.10. The number of anilines is 1. The summed E-state index contributed by atoms with van der Waals surface area (Å²) in [6.45, 7) is 5.47. The number of thiocarbonyl (C=S) groups is 1. The monoisotopic (exact) mass is 402 g/mol. The van der Waals surface area contributed by atoms with E-state index in [1.807, 2.05) is 32.0 Å². The molecule has 3 N–H and O–H groups in total. The van der Waals surface area contributed by atoms with Crippen LogP contribution in [0.25, 0.3) is 0 Å². The fourth-order valence-corrected chi connectivity index (χ4v) is 2.83. The van der Waals surface area contributed by atoms with Crippen LogP contribution in [0.3, 0.4) is 0 Å². The topological polar surface area (TPSA) is 86.2 Å². The number of amides is 1. The Morgan fingerprint density at radius 1 is 1.22 bits per heavy atom. The van der Waals surface area contributed by atoms with Gasteiger partial charge in [-0.05, 0) is 74.4 Å². The molecule has 0 saturated heterocycles. The summed E-state index contributed by atoms with van der Waals surface area (Å²) in [7, 11) is 0. The maximum absolute atomic E-state index is 12.1. The highest BCUT2D eigenvalue weighted by molar-refractivity contribution is 7.80. The zero-order valence-corrected chi connectivity index (χ0v) is 16.7. The van der Waals surface area contributed by atoms with Gasteiger partial charge in [0.05, 0.1) is 22.3 Å². The molecule has 0 radical (unpaired) electrons. The number of halogens is 1. The van der Waals surface area contributed by atoms with Crippen LogP contribution in [-0.4, -0.2) is 17.1 Å². The van der Waals surface area contributed by atoms with Gasteiger partial charge in [-0.2, -0.15) is 5.26 Å². The minimum absolute atomic E-state index is 0.197. The number of aryl methyl sites for hydroxylation is 2. The van der Waals surface area contributed by atoms with Crippen molar-refractivity contribution in [1.82, 2.24) is 10.9 Å². The third-order valence-electron chi connectivity index (χ3n) is 3.64. The van der Waals surface area contributed by atoms with Crippen molar-refractivity contribution in [3.8, 4) is 11.8 Å². The Labute approximate surface area is 168 Å². The summed E-state index contributed by atoms with van der Waals surface area (Å²) in [5, 5.41) is 12.5. The summed E-state index contributed by atoms with van der Waals surface area (Å²) in [5.74, 6) is 0.0784. The van der Waals surface area contributed by atoms with E-state index in [9.17, 15) is 4.79 Å². The van der Waals surface area contributed by atoms with Gasteiger partial charge in [-0.15, -0.1) is 0 Å². The molecule has 0 aromatic heterocycles. The average Bonchev–Trinajstić information content (AvgIpc) is 2.63. The number of nitrogens with one attached hydrogen (secondary N) is 3. The molecule has 2 rings (SSSR count). The van der Waals surface area contributed by atoms with Crippen molar-refractivity contribution in [3.05, 3.63) is 58.1 Å². The van der Waals surface area contributed by atoms with Gasteiger partial charge < -0.3 is 10.1 Å². The predicted octanol–water partition coefficient (Wildman–Crippen LogP) is 3.61. The first-order chi connectivity index (χ1) is 12.8. The van der Waals surface area contributed by atoms with Crippen LogP contribution < -0.4 is 20.9 Å². The van der Waals surface area contributed by atoms with E-state index in [-0.39, 0.29) is 5.11 Å². The Kier molecular flexibility index (Phi) is 6.99. The lowest BCUT2D eigenvalue weighted by Crippen LogP contribution is -2.48. The van der Waals surface area contributed by atoms with Crippen LogP contribution in [0.4, 0.5) is 5.69 Å². The molecule has 0 spiro atoms. The summed E-state index contributed by atoms with van der Waals surface area (Å²) < 4.78 is 5.53. The molecule has 1 amide bonds. The minimum atomic E-state index is -0.766. The van der Waals surface area contributed by atoms with Gasteiger partial charge in [-0.3, -0.25) is 15.6 Å². The van der Waals surface area contributed by atoms with Crippen LogP contribution in [0.5, 0.6) is 5.75 Å². The van der Waals surface area contributed by atoms with Crippen LogP contribution in [0.15, 0.2) is 36.4 Å². The number of carbonyl (C=O) groups is 1. The Morgan fingerprint density at radius 3 is 2.48 bits per heavy atom. The van der Waals surface area contributed by atoms with Gasteiger partial charge in [0.15, 0.2) is 11.2 Å². The van der Waals surface area contributed by atoms with E-state index in [1.165, 1.54) is 0 Å². The molecular formula is C19H19ClN4O2S. The molecule has 0 bridgehead atoms. The van der Waals surface area contributed by atoms with Crippen LogP contribution in [-0.2, 0) is 4.79 Å². The van der Waals surface area contributed by atoms with Crippen molar-refractivity contribution < 1.29 is 9.53 Å². The van der Waals surface area contributed by atoms with E-state index in [1.54, 1.807) is 31.2 Å². The number of rotatable bonds is 4. The van der Waals surface area contributed by atoms with Crippen molar-refractivity contribution in [1.29, 1.82) is 5.26 Å². The minimum Gasteiger partial charge on any atom is -0.481 e. The lowest BCUT2D eigenvalue weighted by atomic mass is 10.1. The Balaban J connectivity index is 1.87. The highest BCUT2D eigenvalue weighted by atomic mass is 35.5. The molecule has 0 heterocycles. The first-order valence-corrected chi connectivity index (χ1v) is 8.89. The highest BCUT2D eigenvalue weighted by Gasteiger charge is 2.15. The maximum atomic E-state index is 12.1. The SMILES string of the molecule is Cc1cc(C)c(NC(=S)NNC(=O)[C@@H](C)Oc2ccc(C#N)cc2)c(Cl)c1. The average molecular weight is 403 g/mol. The third kappa shape index (κ3) is 5.84. The van der Waals surface area contributed by atoms with E-state index in [2.05, 4.69) is 16.2 Å². The molecule has 8 heteroatoms. The molecule has 1 atom stereocenters. The summed E-state index contributed by atoms with van der Waals surface area (Å²) in [6.07, 6.45) is -0.766. The van der Waals surface area contributed by atoms with Crippen LogP contribution >= 0.6 is 23.8 Å². The zero-order chi connectivity index (χ0) is 20.0. The summed E-state index contributed by atoms with van der Waals surface area (Å²) in [4.78, 5) is 12.1. The second-order valence-electron chi connectivity index (χ2n) is 5.90. The van der Waals surface area contributed by atoms with Gasteiger partial charge in [0.25, 0.3) is 5.91 Å². The number of hydrogen-bond donors (Lipinski definition) is 3. The van der Waals surface area contributed by atoms with Crippen molar-refractivity contribution in [2.24, 2.45) is 0 Å². The third-order valence-corrected chi connectivity index (χ3v) is 4.14. The first kappa shape index (κ1) is 20.5. The van der Waals surface area contributed by atoms with Crippen LogP contribution in [0.2, 0.25) is 5.02 Å². The van der Waals surface area contributed by atoms with Gasteiger partial charge >= 0.3 is 0 Å². The second kappa shape index (κ2) is 9.21. The van der Waals surface area contributed by atoms with Crippen molar-refractivity contribution in [3.63, 3.8) is 0 Å². The number of ether oxygens (including phenoxy) is 1. The van der Waals surface area contributed by atoms with E-state index in [4.69, 9.17) is 33.8 Å². The van der Waals surface area contributed by atoms with E-state index in [0.29, 0.717) is 22.0 Å². The predicted molar refractivity (Wildman–Crippen MR) is 110 cm³/mol. The van der Waals surface area contributed by atoms with E-state index in [0.717, 1.165) is 11.1 Å². The van der Waals surface area contributed by atoms with E-state index < -0.39 is 12.0 Å². The normalized spacial score (nSPS) is 11.1. The van der Waals surface area contributed by atoms with Crippen LogP contribution in [0, 0.1) is 25.2 Å². The number of nitrogens with zero attached hydrogens (tertiary/aromatic N) is 1. The smallest absolute Gasteiger partial charge is 0.279 e. The van der Waals surface area contributed by atoms with Crippen molar-refractivity contribution >= 4 is 40.5 Å². The van der Waals surface area contributed by atoms with E-state index >= 15 is 0 Å². The molecule has 0 aliphatic rings. The van der Waals surface area contributed by atoms with Gasteiger partial charge in [-0.25, -0.2) is 0 Å². The molecule has 140 valence electrons. The van der Waals surface area contributed by atoms with Crippen molar-refractivity contribution in [2.45, 2.75) is 26.9 Å².